The van der Waals surface area contributed by atoms with Gasteiger partial charge in [0.05, 0.1) is 18.1 Å². The predicted molar refractivity (Wildman–Crippen MR) is 71.4 cm³/mol. The zero-order valence-corrected chi connectivity index (χ0v) is 12.5. The highest BCUT2D eigenvalue weighted by Gasteiger charge is 2.46. The van der Waals surface area contributed by atoms with Gasteiger partial charge in [-0.2, -0.15) is 5.26 Å². The van der Waals surface area contributed by atoms with Gasteiger partial charge in [-0.05, 0) is 47.5 Å². The van der Waals surface area contributed by atoms with Crippen LogP contribution in [0, 0.1) is 16.7 Å². The minimum Gasteiger partial charge on any atom is -0.444 e. The predicted octanol–water partition coefficient (Wildman–Crippen LogP) is 2.30. The molecule has 5 heteroatoms. The third-order valence-corrected chi connectivity index (χ3v) is 3.47. The van der Waals surface area contributed by atoms with Crippen molar-refractivity contribution in [1.29, 1.82) is 5.26 Å². The van der Waals surface area contributed by atoms with Crippen molar-refractivity contribution >= 4 is 6.09 Å². The Labute approximate surface area is 115 Å². The first-order valence-corrected chi connectivity index (χ1v) is 6.58. The molecule has 1 amide bonds. The maximum absolute atomic E-state index is 12.2. The third kappa shape index (κ3) is 3.60. The molecule has 108 valence electrons. The summed E-state index contributed by atoms with van der Waals surface area (Å²) in [5.41, 5.74) is -1.78. The Bertz CT molecular complexity index is 392. The Morgan fingerprint density at radius 3 is 2.42 bits per heavy atom. The van der Waals surface area contributed by atoms with E-state index in [1.54, 1.807) is 4.90 Å². The molecule has 19 heavy (non-hydrogen) atoms. The van der Waals surface area contributed by atoms with E-state index in [0.717, 1.165) is 0 Å². The number of aliphatic hydroxyl groups is 1. The molecule has 1 rings (SSSR count). The van der Waals surface area contributed by atoms with E-state index in [9.17, 15) is 15.2 Å². The van der Waals surface area contributed by atoms with E-state index in [2.05, 4.69) is 6.07 Å². The monoisotopic (exact) mass is 268 g/mol. The lowest BCUT2D eigenvalue weighted by Gasteiger charge is -2.48. The third-order valence-electron chi connectivity index (χ3n) is 3.47. The molecule has 0 radical (unpaired) electrons. The van der Waals surface area contributed by atoms with Crippen LogP contribution in [0.1, 0.15) is 47.5 Å². The number of ether oxygens (including phenoxy) is 1. The van der Waals surface area contributed by atoms with Gasteiger partial charge in [0.1, 0.15) is 5.60 Å². The molecule has 1 fully saturated rings. The quantitative estimate of drug-likeness (QED) is 0.792. The van der Waals surface area contributed by atoms with Crippen LogP contribution in [0.15, 0.2) is 0 Å². The number of rotatable bonds is 1. The first kappa shape index (κ1) is 15.8. The fourth-order valence-electron chi connectivity index (χ4n) is 2.56. The van der Waals surface area contributed by atoms with Gasteiger partial charge in [0.25, 0.3) is 0 Å². The van der Waals surface area contributed by atoms with Crippen molar-refractivity contribution in [1.82, 2.24) is 4.90 Å². The van der Waals surface area contributed by atoms with Crippen LogP contribution in [-0.2, 0) is 4.74 Å². The highest BCUT2D eigenvalue weighted by molar-refractivity contribution is 5.69. The van der Waals surface area contributed by atoms with Crippen LogP contribution in [0.5, 0.6) is 0 Å². The van der Waals surface area contributed by atoms with Crippen LogP contribution < -0.4 is 0 Å². The molecule has 5 nitrogen and oxygen atoms in total. The molecule has 0 bridgehead atoms. The van der Waals surface area contributed by atoms with Gasteiger partial charge in [-0.3, -0.25) is 0 Å². The summed E-state index contributed by atoms with van der Waals surface area (Å²) in [5, 5.41) is 18.7. The van der Waals surface area contributed by atoms with Gasteiger partial charge in [-0.1, -0.05) is 0 Å². The molecular weight excluding hydrogens is 244 g/mol. The second-order valence-electron chi connectivity index (χ2n) is 6.92. The first-order valence-electron chi connectivity index (χ1n) is 6.58. The van der Waals surface area contributed by atoms with E-state index >= 15 is 0 Å². The number of carbonyl (C=O) groups excluding carboxylic acids is 1. The molecule has 0 aliphatic carbocycles. The zero-order chi connectivity index (χ0) is 14.9. The van der Waals surface area contributed by atoms with Crippen molar-refractivity contribution in [3.63, 3.8) is 0 Å². The number of carbonyl (C=O) groups is 1. The molecule has 0 spiro atoms. The molecule has 1 aliphatic rings. The van der Waals surface area contributed by atoms with Crippen molar-refractivity contribution in [2.75, 3.05) is 13.2 Å². The number of aliphatic hydroxyl groups excluding tert-OH is 1. The lowest BCUT2D eigenvalue weighted by molar-refractivity contribution is -0.0324. The maximum atomic E-state index is 12.2. The van der Waals surface area contributed by atoms with Gasteiger partial charge in [0, 0.05) is 12.1 Å². The largest absolute Gasteiger partial charge is 0.444 e. The van der Waals surface area contributed by atoms with E-state index in [1.807, 2.05) is 34.6 Å². The molecule has 0 aromatic carbocycles. The van der Waals surface area contributed by atoms with Gasteiger partial charge in [-0.25, -0.2) is 4.79 Å². The lowest BCUT2D eigenvalue weighted by atomic mass is 9.72. The summed E-state index contributed by atoms with van der Waals surface area (Å²) in [6.07, 6.45) is 0.566. The summed E-state index contributed by atoms with van der Waals surface area (Å²) < 4.78 is 5.39. The van der Waals surface area contributed by atoms with E-state index in [-0.39, 0.29) is 12.7 Å². The van der Waals surface area contributed by atoms with Crippen molar-refractivity contribution in [2.24, 2.45) is 5.41 Å². The van der Waals surface area contributed by atoms with Crippen molar-refractivity contribution < 1.29 is 14.6 Å². The molecule has 0 aromatic rings. The number of amides is 1. The van der Waals surface area contributed by atoms with Crippen molar-refractivity contribution in [3.05, 3.63) is 0 Å². The molecule has 0 aromatic heterocycles. The van der Waals surface area contributed by atoms with Gasteiger partial charge < -0.3 is 14.7 Å². The summed E-state index contributed by atoms with van der Waals surface area (Å²) in [7, 11) is 0. The van der Waals surface area contributed by atoms with Crippen LogP contribution in [0.4, 0.5) is 4.79 Å². The lowest BCUT2D eigenvalue weighted by Crippen LogP contribution is -2.57. The van der Waals surface area contributed by atoms with Crippen LogP contribution in [0.3, 0.4) is 0 Å². The maximum Gasteiger partial charge on any atom is 0.410 e. The molecule has 1 atom stereocenters. The summed E-state index contributed by atoms with van der Waals surface area (Å²) in [4.78, 5) is 13.8. The summed E-state index contributed by atoms with van der Waals surface area (Å²) in [5.74, 6) is 0. The molecule has 1 N–H and O–H groups in total. The Morgan fingerprint density at radius 1 is 1.47 bits per heavy atom. The summed E-state index contributed by atoms with van der Waals surface area (Å²) in [6, 6.07) is 2.20. The minimum absolute atomic E-state index is 0.172. The highest BCUT2D eigenvalue weighted by atomic mass is 16.6. The Morgan fingerprint density at radius 2 is 2.05 bits per heavy atom. The van der Waals surface area contributed by atoms with Crippen LogP contribution in [-0.4, -0.2) is 40.4 Å². The van der Waals surface area contributed by atoms with Crippen molar-refractivity contribution in [3.8, 4) is 6.07 Å². The molecule has 0 saturated carbocycles. The average molecular weight is 268 g/mol. The standard InChI is InChI=1S/C14H24N2O3/c1-12(2,3)19-11(18)16-7-6-14(9-15,10-17)8-13(16,4)5/h17H,6-8,10H2,1-5H3. The van der Waals surface area contributed by atoms with Gasteiger partial charge in [0.15, 0.2) is 0 Å². The molecule has 1 aliphatic heterocycles. The number of nitriles is 1. The number of hydrogen-bond acceptors (Lipinski definition) is 4. The molecule has 1 heterocycles. The van der Waals surface area contributed by atoms with Gasteiger partial charge in [0.2, 0.25) is 0 Å². The topological polar surface area (TPSA) is 73.6 Å². The summed E-state index contributed by atoms with van der Waals surface area (Å²) >= 11 is 0. The zero-order valence-electron chi connectivity index (χ0n) is 12.5. The number of piperidine rings is 1. The fraction of sp³-hybridized carbons (Fsp3) is 0.857. The molecule has 1 saturated heterocycles. The smallest absolute Gasteiger partial charge is 0.410 e. The SMILES string of the molecule is CC(C)(C)OC(=O)N1CCC(C#N)(CO)CC1(C)C. The van der Waals surface area contributed by atoms with Gasteiger partial charge in [-0.15, -0.1) is 0 Å². The first-order chi connectivity index (χ1) is 8.55. The van der Waals surface area contributed by atoms with E-state index < -0.39 is 16.6 Å². The Balaban J connectivity index is 2.86. The van der Waals surface area contributed by atoms with Gasteiger partial charge >= 0.3 is 6.09 Å². The number of nitrogens with zero attached hydrogens (tertiary/aromatic N) is 2. The Hall–Kier alpha value is -1.28. The number of likely N-dealkylation sites (tertiary alicyclic amines) is 1. The summed E-state index contributed by atoms with van der Waals surface area (Å²) in [6.45, 7) is 9.54. The van der Waals surface area contributed by atoms with Crippen LogP contribution in [0.25, 0.3) is 0 Å². The van der Waals surface area contributed by atoms with Crippen LogP contribution >= 0.6 is 0 Å². The average Bonchev–Trinajstić information content (AvgIpc) is 2.24. The molecular formula is C14H24N2O3. The van der Waals surface area contributed by atoms with E-state index in [0.29, 0.717) is 19.4 Å². The van der Waals surface area contributed by atoms with E-state index in [4.69, 9.17) is 4.74 Å². The highest BCUT2D eigenvalue weighted by Crippen LogP contribution is 2.40. The van der Waals surface area contributed by atoms with Crippen molar-refractivity contribution in [2.45, 2.75) is 58.6 Å². The normalized spacial score (nSPS) is 26.7. The minimum atomic E-state index is -0.748. The second-order valence-corrected chi connectivity index (χ2v) is 6.92. The number of hydrogen-bond donors (Lipinski definition) is 1. The Kier molecular flexibility index (Phi) is 4.16. The fourth-order valence-corrected chi connectivity index (χ4v) is 2.56. The van der Waals surface area contributed by atoms with Crippen LogP contribution in [0.2, 0.25) is 0 Å². The second kappa shape index (κ2) is 5.01. The van der Waals surface area contributed by atoms with E-state index in [1.165, 1.54) is 0 Å². The molecule has 1 unspecified atom stereocenters.